The number of hydrogen-bond donors (Lipinski definition) is 0. The summed E-state index contributed by atoms with van der Waals surface area (Å²) in [5.41, 5.74) is 1.57. The van der Waals surface area contributed by atoms with Crippen molar-refractivity contribution < 1.29 is 8.42 Å². The minimum absolute atomic E-state index is 0.328. The molecule has 0 unspecified atom stereocenters. The van der Waals surface area contributed by atoms with Gasteiger partial charge in [0.05, 0.1) is 18.5 Å². The molecule has 0 atom stereocenters. The van der Waals surface area contributed by atoms with E-state index in [1.54, 1.807) is 12.3 Å². The number of sulfonamides is 1. The van der Waals surface area contributed by atoms with Crippen molar-refractivity contribution in [3.8, 4) is 0 Å². The van der Waals surface area contributed by atoms with Crippen LogP contribution in [-0.2, 0) is 23.1 Å². The Morgan fingerprint density at radius 2 is 2.21 bits per heavy atom. The number of aromatic nitrogens is 1. The van der Waals surface area contributed by atoms with Crippen LogP contribution in [0.5, 0.6) is 0 Å². The van der Waals surface area contributed by atoms with Crippen LogP contribution >= 0.6 is 11.6 Å². The minimum atomic E-state index is -3.15. The third-order valence-corrected chi connectivity index (χ3v) is 3.77. The molecule has 1 aromatic rings. The average molecular weight is 233 g/mol. The van der Waals surface area contributed by atoms with Gasteiger partial charge >= 0.3 is 0 Å². The Morgan fingerprint density at radius 1 is 1.50 bits per heavy atom. The third-order valence-electron chi connectivity index (χ3n) is 2.22. The Labute approximate surface area is 87.6 Å². The maximum atomic E-state index is 11.3. The van der Waals surface area contributed by atoms with Crippen LogP contribution in [0.25, 0.3) is 0 Å². The molecule has 0 saturated carbocycles. The molecule has 14 heavy (non-hydrogen) atoms. The van der Waals surface area contributed by atoms with Crippen molar-refractivity contribution in [3.05, 3.63) is 28.5 Å². The van der Waals surface area contributed by atoms with Gasteiger partial charge in [-0.15, -0.1) is 0 Å². The molecular weight excluding hydrogens is 224 g/mol. The van der Waals surface area contributed by atoms with Gasteiger partial charge in [-0.1, -0.05) is 11.6 Å². The number of fused-ring (bicyclic) bond motifs is 1. The van der Waals surface area contributed by atoms with E-state index >= 15 is 0 Å². The van der Waals surface area contributed by atoms with E-state index < -0.39 is 10.0 Å². The first-order chi connectivity index (χ1) is 6.48. The van der Waals surface area contributed by atoms with Crippen LogP contribution in [0, 0.1) is 0 Å². The molecule has 2 rings (SSSR count). The molecule has 1 aliphatic heterocycles. The van der Waals surface area contributed by atoms with Gasteiger partial charge in [0, 0.05) is 23.3 Å². The van der Waals surface area contributed by atoms with E-state index in [9.17, 15) is 8.42 Å². The standard InChI is InChI=1S/C8H9ClN2O2S/c1-14(12,13)11-4-6-7(9)2-3-10-8(6)5-11/h2-3H,4-5H2,1H3. The topological polar surface area (TPSA) is 50.3 Å². The zero-order valence-corrected chi connectivity index (χ0v) is 9.14. The van der Waals surface area contributed by atoms with Gasteiger partial charge in [-0.3, -0.25) is 4.98 Å². The molecule has 0 N–H and O–H groups in total. The summed E-state index contributed by atoms with van der Waals surface area (Å²) in [7, 11) is -3.15. The molecule has 0 bridgehead atoms. The molecule has 0 aromatic carbocycles. The molecule has 0 fully saturated rings. The molecule has 0 spiro atoms. The Balaban J connectivity index is 2.40. The summed E-state index contributed by atoms with van der Waals surface area (Å²) in [5.74, 6) is 0. The van der Waals surface area contributed by atoms with Gasteiger partial charge in [0.2, 0.25) is 10.0 Å². The number of halogens is 1. The first kappa shape index (κ1) is 9.89. The van der Waals surface area contributed by atoms with Crippen molar-refractivity contribution in [3.63, 3.8) is 0 Å². The van der Waals surface area contributed by atoms with Crippen molar-refractivity contribution in [1.82, 2.24) is 9.29 Å². The SMILES string of the molecule is CS(=O)(=O)N1Cc2nccc(Cl)c2C1. The van der Waals surface area contributed by atoms with Crippen molar-refractivity contribution in [2.24, 2.45) is 0 Å². The van der Waals surface area contributed by atoms with Gasteiger partial charge in [-0.2, -0.15) is 4.31 Å². The Bertz CT molecular complexity index is 472. The van der Waals surface area contributed by atoms with Crippen LogP contribution in [0.4, 0.5) is 0 Å². The Morgan fingerprint density at radius 3 is 2.79 bits per heavy atom. The third kappa shape index (κ3) is 1.63. The van der Waals surface area contributed by atoms with Gasteiger partial charge < -0.3 is 0 Å². The zero-order chi connectivity index (χ0) is 10.3. The normalized spacial score (nSPS) is 17.0. The lowest BCUT2D eigenvalue weighted by atomic mass is 10.2. The van der Waals surface area contributed by atoms with Crippen LogP contribution in [0.3, 0.4) is 0 Å². The van der Waals surface area contributed by atoms with E-state index in [1.807, 2.05) is 0 Å². The largest absolute Gasteiger partial charge is 0.259 e. The second kappa shape index (κ2) is 3.18. The summed E-state index contributed by atoms with van der Waals surface area (Å²) in [5, 5.41) is 0.584. The van der Waals surface area contributed by atoms with Crippen molar-refractivity contribution >= 4 is 21.6 Å². The monoisotopic (exact) mass is 232 g/mol. The maximum absolute atomic E-state index is 11.3. The van der Waals surface area contributed by atoms with Crippen LogP contribution in [-0.4, -0.2) is 24.0 Å². The van der Waals surface area contributed by atoms with Gasteiger partial charge in [0.15, 0.2) is 0 Å². The summed E-state index contributed by atoms with van der Waals surface area (Å²) in [4.78, 5) is 4.09. The summed E-state index contributed by atoms with van der Waals surface area (Å²) < 4.78 is 23.9. The Kier molecular flexibility index (Phi) is 2.25. The van der Waals surface area contributed by atoms with Gasteiger partial charge in [-0.05, 0) is 6.07 Å². The van der Waals surface area contributed by atoms with Crippen molar-refractivity contribution in [1.29, 1.82) is 0 Å². The fourth-order valence-electron chi connectivity index (χ4n) is 1.45. The highest BCUT2D eigenvalue weighted by Gasteiger charge is 2.28. The number of rotatable bonds is 1. The van der Waals surface area contributed by atoms with Gasteiger partial charge in [0.25, 0.3) is 0 Å². The molecular formula is C8H9ClN2O2S. The highest BCUT2D eigenvalue weighted by Crippen LogP contribution is 2.28. The van der Waals surface area contributed by atoms with Crippen LogP contribution in [0.1, 0.15) is 11.3 Å². The van der Waals surface area contributed by atoms with E-state index in [-0.39, 0.29) is 0 Å². The first-order valence-corrected chi connectivity index (χ1v) is 6.28. The molecule has 1 aromatic heterocycles. The quantitative estimate of drug-likeness (QED) is 0.726. The molecule has 6 heteroatoms. The maximum Gasteiger partial charge on any atom is 0.211 e. The second-order valence-electron chi connectivity index (χ2n) is 3.25. The Hall–Kier alpha value is -0.650. The van der Waals surface area contributed by atoms with E-state index in [4.69, 9.17) is 11.6 Å². The number of pyridine rings is 1. The van der Waals surface area contributed by atoms with Gasteiger partial charge in [-0.25, -0.2) is 8.42 Å². The number of nitrogens with zero attached hydrogens (tertiary/aromatic N) is 2. The molecule has 1 aliphatic rings. The molecule has 4 nitrogen and oxygen atoms in total. The molecule has 0 amide bonds. The van der Waals surface area contributed by atoms with E-state index in [0.717, 1.165) is 11.3 Å². The van der Waals surface area contributed by atoms with E-state index in [0.29, 0.717) is 18.1 Å². The fourth-order valence-corrected chi connectivity index (χ4v) is 2.39. The second-order valence-corrected chi connectivity index (χ2v) is 5.64. The summed E-state index contributed by atoms with van der Waals surface area (Å²) >= 11 is 5.92. The number of hydrogen-bond acceptors (Lipinski definition) is 3. The lowest BCUT2D eigenvalue weighted by Crippen LogP contribution is -2.23. The lowest BCUT2D eigenvalue weighted by Gasteiger charge is -2.10. The zero-order valence-electron chi connectivity index (χ0n) is 7.57. The smallest absolute Gasteiger partial charge is 0.211 e. The highest BCUT2D eigenvalue weighted by atomic mass is 35.5. The highest BCUT2D eigenvalue weighted by molar-refractivity contribution is 7.88. The first-order valence-electron chi connectivity index (χ1n) is 4.06. The molecule has 0 aliphatic carbocycles. The predicted octanol–water partition coefficient (Wildman–Crippen LogP) is 1.01. The molecule has 0 saturated heterocycles. The van der Waals surface area contributed by atoms with Crippen molar-refractivity contribution in [2.75, 3.05) is 6.26 Å². The fraction of sp³-hybridized carbons (Fsp3) is 0.375. The predicted molar refractivity (Wildman–Crippen MR) is 53.3 cm³/mol. The van der Waals surface area contributed by atoms with E-state index in [1.165, 1.54) is 10.6 Å². The van der Waals surface area contributed by atoms with Gasteiger partial charge in [0.1, 0.15) is 0 Å². The van der Waals surface area contributed by atoms with Crippen molar-refractivity contribution in [2.45, 2.75) is 13.1 Å². The molecule has 76 valence electrons. The van der Waals surface area contributed by atoms with E-state index in [2.05, 4.69) is 4.98 Å². The lowest BCUT2D eigenvalue weighted by molar-refractivity contribution is 0.434. The van der Waals surface area contributed by atoms with Crippen LogP contribution in [0.15, 0.2) is 12.3 Å². The summed E-state index contributed by atoms with van der Waals surface area (Å²) in [6.45, 7) is 0.662. The van der Waals surface area contributed by atoms with Crippen LogP contribution < -0.4 is 0 Å². The molecule has 2 heterocycles. The average Bonchev–Trinajstić information content (AvgIpc) is 2.48. The van der Waals surface area contributed by atoms with Crippen LogP contribution in [0.2, 0.25) is 5.02 Å². The molecule has 0 radical (unpaired) electrons. The summed E-state index contributed by atoms with van der Waals surface area (Å²) in [6.07, 6.45) is 2.78. The summed E-state index contributed by atoms with van der Waals surface area (Å²) in [6, 6.07) is 1.67. The minimum Gasteiger partial charge on any atom is -0.259 e.